The van der Waals surface area contributed by atoms with Gasteiger partial charge in [-0.15, -0.1) is 0 Å². The summed E-state index contributed by atoms with van der Waals surface area (Å²) >= 11 is 0. The molecule has 88 valence electrons. The summed E-state index contributed by atoms with van der Waals surface area (Å²) in [6, 6.07) is 2.34. The van der Waals surface area contributed by atoms with Gasteiger partial charge in [-0.3, -0.25) is 0 Å². The highest BCUT2D eigenvalue weighted by Gasteiger charge is 2.17. The summed E-state index contributed by atoms with van der Waals surface area (Å²) in [6.45, 7) is 3.89. The normalized spacial score (nSPS) is 17.6. The van der Waals surface area contributed by atoms with Crippen molar-refractivity contribution in [3.05, 3.63) is 11.9 Å². The molecule has 1 aromatic heterocycles. The first-order valence-electron chi connectivity index (χ1n) is 5.73. The number of aromatic nitrogens is 2. The zero-order valence-corrected chi connectivity index (χ0v) is 9.90. The van der Waals surface area contributed by atoms with E-state index in [1.54, 1.807) is 0 Å². The van der Waals surface area contributed by atoms with Gasteiger partial charge >= 0.3 is 0 Å². The summed E-state index contributed by atoms with van der Waals surface area (Å²) < 4.78 is 0. The molecule has 0 aliphatic carbocycles. The van der Waals surface area contributed by atoms with Crippen molar-refractivity contribution in [1.29, 1.82) is 0 Å². The molecule has 0 spiro atoms. The second-order valence-corrected chi connectivity index (χ2v) is 4.23. The zero-order chi connectivity index (χ0) is 11.5. The van der Waals surface area contributed by atoms with E-state index in [1.165, 1.54) is 0 Å². The predicted octanol–water partition coefficient (Wildman–Crippen LogP) is 0.754. The number of rotatable bonds is 2. The number of piperidine rings is 1. The van der Waals surface area contributed by atoms with Crippen molar-refractivity contribution in [1.82, 2.24) is 9.97 Å². The van der Waals surface area contributed by atoms with E-state index >= 15 is 0 Å². The zero-order valence-electron chi connectivity index (χ0n) is 9.90. The summed E-state index contributed by atoms with van der Waals surface area (Å²) in [5.74, 6) is 2.68. The molecule has 5 nitrogen and oxygen atoms in total. The van der Waals surface area contributed by atoms with Crippen molar-refractivity contribution >= 4 is 11.6 Å². The number of aryl methyl sites for hydroxylation is 1. The van der Waals surface area contributed by atoms with E-state index in [1.807, 2.05) is 20.0 Å². The van der Waals surface area contributed by atoms with Gasteiger partial charge < -0.3 is 16.0 Å². The Bertz CT molecular complexity index is 357. The molecule has 1 fully saturated rings. The molecule has 3 N–H and O–H groups in total. The van der Waals surface area contributed by atoms with Crippen LogP contribution in [0.25, 0.3) is 0 Å². The van der Waals surface area contributed by atoms with Gasteiger partial charge in [-0.25, -0.2) is 9.97 Å². The van der Waals surface area contributed by atoms with Gasteiger partial charge in [0.25, 0.3) is 0 Å². The number of anilines is 2. The maximum absolute atomic E-state index is 5.89. The quantitative estimate of drug-likeness (QED) is 0.771. The van der Waals surface area contributed by atoms with Crippen LogP contribution in [0.5, 0.6) is 0 Å². The van der Waals surface area contributed by atoms with Crippen LogP contribution in [-0.4, -0.2) is 36.1 Å². The minimum absolute atomic E-state index is 0.350. The molecule has 1 aromatic rings. The van der Waals surface area contributed by atoms with Crippen LogP contribution in [0.3, 0.4) is 0 Å². The highest BCUT2D eigenvalue weighted by molar-refractivity contribution is 5.49. The van der Waals surface area contributed by atoms with Gasteiger partial charge in [0, 0.05) is 32.2 Å². The molecule has 0 amide bonds. The fourth-order valence-electron chi connectivity index (χ4n) is 1.97. The smallest absolute Gasteiger partial charge is 0.134 e. The van der Waals surface area contributed by atoms with Gasteiger partial charge in [-0.2, -0.15) is 0 Å². The summed E-state index contributed by atoms with van der Waals surface area (Å²) in [6.07, 6.45) is 2.08. The summed E-state index contributed by atoms with van der Waals surface area (Å²) in [5.41, 5.74) is 5.89. The molecule has 16 heavy (non-hydrogen) atoms. The Kier molecular flexibility index (Phi) is 3.24. The second kappa shape index (κ2) is 4.65. The summed E-state index contributed by atoms with van der Waals surface area (Å²) in [5, 5.41) is 3.05. The van der Waals surface area contributed by atoms with Gasteiger partial charge in [-0.1, -0.05) is 0 Å². The van der Waals surface area contributed by atoms with Crippen molar-refractivity contribution in [2.75, 3.05) is 30.4 Å². The lowest BCUT2D eigenvalue weighted by molar-refractivity contribution is 0.498. The minimum Gasteiger partial charge on any atom is -0.373 e. The van der Waals surface area contributed by atoms with E-state index < -0.39 is 0 Å². The second-order valence-electron chi connectivity index (χ2n) is 4.23. The van der Waals surface area contributed by atoms with E-state index in [9.17, 15) is 0 Å². The van der Waals surface area contributed by atoms with Gasteiger partial charge in [0.1, 0.15) is 17.5 Å². The Balaban J connectivity index is 2.16. The van der Waals surface area contributed by atoms with Crippen molar-refractivity contribution in [2.24, 2.45) is 5.73 Å². The first kappa shape index (κ1) is 11.1. The van der Waals surface area contributed by atoms with Crippen molar-refractivity contribution in [3.8, 4) is 0 Å². The Morgan fingerprint density at radius 1 is 1.38 bits per heavy atom. The van der Waals surface area contributed by atoms with Crippen molar-refractivity contribution in [2.45, 2.75) is 25.8 Å². The molecule has 0 radical (unpaired) electrons. The number of hydrogen-bond donors (Lipinski definition) is 2. The van der Waals surface area contributed by atoms with Crippen LogP contribution >= 0.6 is 0 Å². The molecule has 0 unspecified atom stereocenters. The lowest BCUT2D eigenvalue weighted by Crippen LogP contribution is -2.40. The van der Waals surface area contributed by atoms with Crippen LogP contribution in [0, 0.1) is 6.92 Å². The number of nitrogens with one attached hydrogen (secondary N) is 1. The molecule has 0 saturated carbocycles. The van der Waals surface area contributed by atoms with E-state index in [4.69, 9.17) is 5.73 Å². The number of hydrogen-bond acceptors (Lipinski definition) is 5. The fraction of sp³-hybridized carbons (Fsp3) is 0.636. The third kappa shape index (κ3) is 2.41. The van der Waals surface area contributed by atoms with Crippen LogP contribution in [0.15, 0.2) is 6.07 Å². The molecular weight excluding hydrogens is 202 g/mol. The number of nitrogens with two attached hydrogens (primary N) is 1. The van der Waals surface area contributed by atoms with Crippen LogP contribution in [0.2, 0.25) is 0 Å². The monoisotopic (exact) mass is 221 g/mol. The maximum atomic E-state index is 5.89. The molecule has 0 aromatic carbocycles. The van der Waals surface area contributed by atoms with Crippen LogP contribution in [0.1, 0.15) is 18.7 Å². The largest absolute Gasteiger partial charge is 0.373 e. The molecular formula is C11H19N5. The first-order valence-corrected chi connectivity index (χ1v) is 5.73. The van der Waals surface area contributed by atoms with Crippen molar-refractivity contribution in [3.63, 3.8) is 0 Å². The van der Waals surface area contributed by atoms with Gasteiger partial charge in [-0.05, 0) is 19.8 Å². The third-order valence-corrected chi connectivity index (χ3v) is 2.94. The number of nitrogens with zero attached hydrogens (tertiary/aromatic N) is 3. The molecule has 1 aliphatic rings. The van der Waals surface area contributed by atoms with Crippen LogP contribution < -0.4 is 16.0 Å². The van der Waals surface area contributed by atoms with E-state index in [2.05, 4.69) is 20.2 Å². The highest BCUT2D eigenvalue weighted by Crippen LogP contribution is 2.19. The van der Waals surface area contributed by atoms with Gasteiger partial charge in [0.05, 0.1) is 0 Å². The molecule has 5 heteroatoms. The third-order valence-electron chi connectivity index (χ3n) is 2.94. The van der Waals surface area contributed by atoms with Gasteiger partial charge in [0.15, 0.2) is 0 Å². The van der Waals surface area contributed by atoms with Crippen LogP contribution in [-0.2, 0) is 0 Å². The lowest BCUT2D eigenvalue weighted by atomic mass is 10.1. The molecule has 0 atom stereocenters. The standard InChI is InChI=1S/C11H19N5/c1-8-14-10(13-2)7-11(15-8)16-5-3-9(12)4-6-16/h7,9H,3-6,12H2,1-2H3,(H,13,14,15). The molecule has 2 heterocycles. The predicted molar refractivity (Wildman–Crippen MR) is 65.7 cm³/mol. The average Bonchev–Trinajstić information content (AvgIpc) is 2.29. The highest BCUT2D eigenvalue weighted by atomic mass is 15.2. The Labute approximate surface area is 96.1 Å². The molecule has 1 aliphatic heterocycles. The Morgan fingerprint density at radius 3 is 2.69 bits per heavy atom. The van der Waals surface area contributed by atoms with Crippen LogP contribution in [0.4, 0.5) is 11.6 Å². The fourth-order valence-corrected chi connectivity index (χ4v) is 1.97. The Hall–Kier alpha value is -1.36. The Morgan fingerprint density at radius 2 is 2.06 bits per heavy atom. The first-order chi connectivity index (χ1) is 7.69. The average molecular weight is 221 g/mol. The van der Waals surface area contributed by atoms with E-state index in [0.29, 0.717) is 6.04 Å². The summed E-state index contributed by atoms with van der Waals surface area (Å²) in [4.78, 5) is 11.0. The molecule has 0 bridgehead atoms. The molecule has 1 saturated heterocycles. The summed E-state index contributed by atoms with van der Waals surface area (Å²) in [7, 11) is 1.87. The maximum Gasteiger partial charge on any atom is 0.134 e. The molecule has 2 rings (SSSR count). The topological polar surface area (TPSA) is 67.1 Å². The van der Waals surface area contributed by atoms with E-state index in [-0.39, 0.29) is 0 Å². The van der Waals surface area contributed by atoms with Gasteiger partial charge in [0.2, 0.25) is 0 Å². The lowest BCUT2D eigenvalue weighted by Gasteiger charge is -2.31. The van der Waals surface area contributed by atoms with E-state index in [0.717, 1.165) is 43.4 Å². The van der Waals surface area contributed by atoms with Crippen molar-refractivity contribution < 1.29 is 0 Å². The SMILES string of the molecule is CNc1cc(N2CCC(N)CC2)nc(C)n1. The minimum atomic E-state index is 0.350.